The number of carbonyl (C=O) groups is 1. The molecule has 0 fully saturated rings. The molecular weight excluding hydrogens is 293 g/mol. The molecular formula is C16H15Cl2NO. The molecule has 0 amide bonds. The van der Waals surface area contributed by atoms with Gasteiger partial charge in [-0.1, -0.05) is 35.3 Å². The predicted octanol–water partition coefficient (Wildman–Crippen LogP) is 4.83. The van der Waals surface area contributed by atoms with E-state index >= 15 is 0 Å². The molecule has 20 heavy (non-hydrogen) atoms. The van der Waals surface area contributed by atoms with Gasteiger partial charge in [-0.05, 0) is 42.8 Å². The monoisotopic (exact) mass is 307 g/mol. The molecule has 0 saturated heterocycles. The van der Waals surface area contributed by atoms with Gasteiger partial charge in [-0.25, -0.2) is 0 Å². The molecule has 0 aliphatic rings. The van der Waals surface area contributed by atoms with Gasteiger partial charge in [0.05, 0.1) is 5.02 Å². The van der Waals surface area contributed by atoms with Crippen LogP contribution in [-0.2, 0) is 6.54 Å². The molecule has 4 heteroatoms. The predicted molar refractivity (Wildman–Crippen MR) is 85.0 cm³/mol. The van der Waals surface area contributed by atoms with Gasteiger partial charge in [-0.2, -0.15) is 0 Å². The highest BCUT2D eigenvalue weighted by Crippen LogP contribution is 2.25. The van der Waals surface area contributed by atoms with Crippen molar-refractivity contribution >= 4 is 34.7 Å². The second-order valence-corrected chi connectivity index (χ2v) is 5.55. The smallest absolute Gasteiger partial charge is 0.161 e. The van der Waals surface area contributed by atoms with E-state index < -0.39 is 0 Å². The van der Waals surface area contributed by atoms with E-state index in [0.29, 0.717) is 10.6 Å². The van der Waals surface area contributed by atoms with Gasteiger partial charge >= 0.3 is 0 Å². The van der Waals surface area contributed by atoms with Crippen LogP contribution in [-0.4, -0.2) is 12.8 Å². The third-order valence-electron chi connectivity index (χ3n) is 3.08. The number of benzene rings is 2. The van der Waals surface area contributed by atoms with Crippen LogP contribution in [0.1, 0.15) is 22.8 Å². The maximum absolute atomic E-state index is 11.4. The van der Waals surface area contributed by atoms with Gasteiger partial charge in [0.1, 0.15) is 0 Å². The van der Waals surface area contributed by atoms with E-state index in [9.17, 15) is 4.79 Å². The van der Waals surface area contributed by atoms with Crippen molar-refractivity contribution in [2.75, 3.05) is 11.9 Å². The van der Waals surface area contributed by atoms with Crippen molar-refractivity contribution in [2.45, 2.75) is 13.5 Å². The molecule has 0 saturated carbocycles. The first-order valence-electron chi connectivity index (χ1n) is 6.23. The number of halogens is 2. The zero-order valence-electron chi connectivity index (χ0n) is 11.4. The summed E-state index contributed by atoms with van der Waals surface area (Å²) in [5.41, 5.74) is 2.62. The van der Waals surface area contributed by atoms with Crippen molar-refractivity contribution in [1.29, 1.82) is 0 Å². The standard InChI is InChI=1S/C16H15Cl2NO/c1-11(20)15-7-6-14(9-16(15)18)19(2)10-12-4-3-5-13(17)8-12/h3-9H,10H2,1-2H3. The Labute approximate surface area is 128 Å². The van der Waals surface area contributed by atoms with Gasteiger partial charge in [-0.3, -0.25) is 4.79 Å². The Morgan fingerprint density at radius 2 is 1.90 bits per heavy atom. The molecule has 0 aromatic heterocycles. The number of nitrogens with zero attached hydrogens (tertiary/aromatic N) is 1. The first-order valence-corrected chi connectivity index (χ1v) is 6.99. The van der Waals surface area contributed by atoms with Crippen LogP contribution < -0.4 is 4.90 Å². The number of Topliss-reactive ketones (excluding diaryl/α,β-unsaturated/α-hetero) is 1. The van der Waals surface area contributed by atoms with Gasteiger partial charge in [0, 0.05) is 29.9 Å². The molecule has 2 aromatic rings. The van der Waals surface area contributed by atoms with Crippen molar-refractivity contribution in [3.05, 3.63) is 63.6 Å². The van der Waals surface area contributed by atoms with Crippen LogP contribution in [0.2, 0.25) is 10.0 Å². The molecule has 0 radical (unpaired) electrons. The van der Waals surface area contributed by atoms with Gasteiger partial charge in [0.2, 0.25) is 0 Å². The molecule has 2 aromatic carbocycles. The first kappa shape index (κ1) is 14.9. The van der Waals surface area contributed by atoms with E-state index in [-0.39, 0.29) is 5.78 Å². The van der Waals surface area contributed by atoms with E-state index in [1.165, 1.54) is 6.92 Å². The lowest BCUT2D eigenvalue weighted by Crippen LogP contribution is -2.16. The molecule has 2 nitrogen and oxygen atoms in total. The fourth-order valence-corrected chi connectivity index (χ4v) is 2.55. The molecule has 2 rings (SSSR count). The second kappa shape index (κ2) is 6.29. The van der Waals surface area contributed by atoms with Crippen molar-refractivity contribution in [1.82, 2.24) is 0 Å². The van der Waals surface area contributed by atoms with Crippen LogP contribution in [0, 0.1) is 0 Å². The summed E-state index contributed by atoms with van der Waals surface area (Å²) in [5.74, 6) is -0.0287. The molecule has 0 spiro atoms. The molecule has 0 heterocycles. The topological polar surface area (TPSA) is 20.3 Å². The molecule has 0 atom stereocenters. The third-order valence-corrected chi connectivity index (χ3v) is 3.63. The lowest BCUT2D eigenvalue weighted by atomic mass is 10.1. The van der Waals surface area contributed by atoms with Gasteiger partial charge in [-0.15, -0.1) is 0 Å². The molecule has 0 N–H and O–H groups in total. The van der Waals surface area contributed by atoms with Crippen LogP contribution in [0.4, 0.5) is 5.69 Å². The van der Waals surface area contributed by atoms with Gasteiger partial charge in [0.15, 0.2) is 5.78 Å². The summed E-state index contributed by atoms with van der Waals surface area (Å²) < 4.78 is 0. The Balaban J connectivity index is 2.19. The van der Waals surface area contributed by atoms with Crippen LogP contribution in [0.25, 0.3) is 0 Å². The summed E-state index contributed by atoms with van der Waals surface area (Å²) in [6.45, 7) is 2.23. The average Bonchev–Trinajstić information content (AvgIpc) is 2.38. The van der Waals surface area contributed by atoms with Gasteiger partial charge in [0.25, 0.3) is 0 Å². The number of hydrogen-bond donors (Lipinski definition) is 0. The highest BCUT2D eigenvalue weighted by molar-refractivity contribution is 6.34. The lowest BCUT2D eigenvalue weighted by Gasteiger charge is -2.20. The molecule has 0 bridgehead atoms. The fraction of sp³-hybridized carbons (Fsp3) is 0.188. The molecule has 0 aliphatic carbocycles. The Morgan fingerprint density at radius 3 is 2.50 bits per heavy atom. The molecule has 0 aliphatic heterocycles. The quantitative estimate of drug-likeness (QED) is 0.754. The van der Waals surface area contributed by atoms with Crippen molar-refractivity contribution < 1.29 is 4.79 Å². The number of anilines is 1. The van der Waals surface area contributed by atoms with Crippen LogP contribution in [0.3, 0.4) is 0 Å². The summed E-state index contributed by atoms with van der Waals surface area (Å²) in [4.78, 5) is 13.4. The van der Waals surface area contributed by atoms with Crippen molar-refractivity contribution in [2.24, 2.45) is 0 Å². The van der Waals surface area contributed by atoms with E-state index in [4.69, 9.17) is 23.2 Å². The van der Waals surface area contributed by atoms with E-state index in [0.717, 1.165) is 22.8 Å². The largest absolute Gasteiger partial charge is 0.370 e. The Kier molecular flexibility index (Phi) is 4.69. The third kappa shape index (κ3) is 3.53. The highest BCUT2D eigenvalue weighted by Gasteiger charge is 2.09. The minimum atomic E-state index is -0.0287. The number of rotatable bonds is 4. The minimum absolute atomic E-state index is 0.0287. The Bertz CT molecular complexity index is 640. The maximum Gasteiger partial charge on any atom is 0.161 e. The number of hydrogen-bond acceptors (Lipinski definition) is 2. The fourth-order valence-electron chi connectivity index (χ4n) is 2.03. The minimum Gasteiger partial charge on any atom is -0.370 e. The molecule has 0 unspecified atom stereocenters. The van der Waals surface area contributed by atoms with Crippen LogP contribution in [0.15, 0.2) is 42.5 Å². The summed E-state index contributed by atoms with van der Waals surface area (Å²) >= 11 is 12.1. The number of carbonyl (C=O) groups excluding carboxylic acids is 1. The zero-order chi connectivity index (χ0) is 14.7. The summed E-state index contributed by atoms with van der Waals surface area (Å²) in [7, 11) is 1.97. The van der Waals surface area contributed by atoms with Crippen LogP contribution in [0.5, 0.6) is 0 Å². The number of ketones is 1. The highest BCUT2D eigenvalue weighted by atomic mass is 35.5. The van der Waals surface area contributed by atoms with Crippen molar-refractivity contribution in [3.8, 4) is 0 Å². The maximum atomic E-state index is 11.4. The first-order chi connectivity index (χ1) is 9.47. The Morgan fingerprint density at radius 1 is 1.15 bits per heavy atom. The van der Waals surface area contributed by atoms with Crippen molar-refractivity contribution in [3.63, 3.8) is 0 Å². The van der Waals surface area contributed by atoms with E-state index in [1.807, 2.05) is 43.4 Å². The Hall–Kier alpha value is -1.51. The summed E-state index contributed by atoms with van der Waals surface area (Å²) in [6.07, 6.45) is 0. The lowest BCUT2D eigenvalue weighted by molar-refractivity contribution is 0.101. The summed E-state index contributed by atoms with van der Waals surface area (Å²) in [6, 6.07) is 13.2. The van der Waals surface area contributed by atoms with E-state index in [1.54, 1.807) is 6.07 Å². The normalized spacial score (nSPS) is 10.4. The second-order valence-electron chi connectivity index (χ2n) is 4.71. The van der Waals surface area contributed by atoms with Gasteiger partial charge < -0.3 is 4.90 Å². The summed E-state index contributed by atoms with van der Waals surface area (Å²) in [5, 5.41) is 1.20. The zero-order valence-corrected chi connectivity index (χ0v) is 12.9. The molecule has 104 valence electrons. The average molecular weight is 308 g/mol. The SMILES string of the molecule is CC(=O)c1ccc(N(C)Cc2cccc(Cl)c2)cc1Cl. The van der Waals surface area contributed by atoms with Crippen LogP contribution >= 0.6 is 23.2 Å². The van der Waals surface area contributed by atoms with E-state index in [2.05, 4.69) is 4.90 Å².